The number of benzene rings is 1. The summed E-state index contributed by atoms with van der Waals surface area (Å²) >= 11 is 0. The van der Waals surface area contributed by atoms with E-state index in [-0.39, 0.29) is 35.7 Å². The average molecular weight is 331 g/mol. The zero-order valence-corrected chi connectivity index (χ0v) is 14.4. The zero-order chi connectivity index (χ0) is 17.7. The molecule has 2 N–H and O–H groups in total. The summed E-state index contributed by atoms with van der Waals surface area (Å²) in [5, 5.41) is 5.74. The van der Waals surface area contributed by atoms with Crippen molar-refractivity contribution in [3.05, 3.63) is 35.9 Å². The number of nitrogens with zero attached hydrogens (tertiary/aromatic N) is 1. The number of hydrogen-bond acceptors (Lipinski definition) is 3. The first-order chi connectivity index (χ1) is 11.4. The van der Waals surface area contributed by atoms with Crippen molar-refractivity contribution in [1.29, 1.82) is 0 Å². The summed E-state index contributed by atoms with van der Waals surface area (Å²) in [7, 11) is 0. The molecule has 0 saturated carbocycles. The number of ketones is 1. The second-order valence-electron chi connectivity index (χ2n) is 6.39. The number of carbonyl (C=O) groups excluding carboxylic acids is 3. The van der Waals surface area contributed by atoms with Crippen molar-refractivity contribution in [2.75, 3.05) is 13.1 Å². The Morgan fingerprint density at radius 1 is 1.21 bits per heavy atom. The Morgan fingerprint density at radius 3 is 2.42 bits per heavy atom. The highest BCUT2D eigenvalue weighted by molar-refractivity contribution is 5.87. The summed E-state index contributed by atoms with van der Waals surface area (Å²) in [5.41, 5.74) is 1.04. The van der Waals surface area contributed by atoms with E-state index in [4.69, 9.17) is 0 Å². The molecule has 1 aliphatic rings. The van der Waals surface area contributed by atoms with Gasteiger partial charge in [-0.3, -0.25) is 9.59 Å². The standard InChI is InChI=1S/C18H25N3O3/c1-12(16-7-5-4-6-8-16)20-18(24)19-10-15-9-17(13(2)22)21(11-15)14(3)23/h4-8,12,15,17H,9-11H2,1-3H3,(H2,19,20,24)/t12?,15?,17-/m0/s1. The summed E-state index contributed by atoms with van der Waals surface area (Å²) < 4.78 is 0. The van der Waals surface area contributed by atoms with Crippen LogP contribution in [0.25, 0.3) is 0 Å². The molecule has 130 valence electrons. The number of likely N-dealkylation sites (tertiary alicyclic amines) is 1. The lowest BCUT2D eigenvalue weighted by Crippen LogP contribution is -2.40. The van der Waals surface area contributed by atoms with E-state index in [0.717, 1.165) is 5.56 Å². The minimum Gasteiger partial charge on any atom is -0.338 e. The largest absolute Gasteiger partial charge is 0.338 e. The molecule has 24 heavy (non-hydrogen) atoms. The Kier molecular flexibility index (Phi) is 5.95. The molecule has 1 aromatic rings. The number of hydrogen-bond donors (Lipinski definition) is 2. The van der Waals surface area contributed by atoms with Gasteiger partial charge >= 0.3 is 6.03 Å². The van der Waals surface area contributed by atoms with Crippen LogP contribution in [-0.2, 0) is 9.59 Å². The molecule has 3 amide bonds. The Labute approximate surface area is 142 Å². The fraction of sp³-hybridized carbons (Fsp3) is 0.500. The van der Waals surface area contributed by atoms with Crippen molar-refractivity contribution in [1.82, 2.24) is 15.5 Å². The summed E-state index contributed by atoms with van der Waals surface area (Å²) in [6.07, 6.45) is 0.601. The van der Waals surface area contributed by atoms with Gasteiger partial charge in [0.25, 0.3) is 0 Å². The van der Waals surface area contributed by atoms with E-state index in [1.807, 2.05) is 37.3 Å². The van der Waals surface area contributed by atoms with Crippen molar-refractivity contribution in [2.45, 2.75) is 39.3 Å². The monoisotopic (exact) mass is 331 g/mol. The second kappa shape index (κ2) is 7.95. The van der Waals surface area contributed by atoms with E-state index in [0.29, 0.717) is 19.5 Å². The SMILES string of the molecule is CC(=O)[C@@H]1CC(CNC(=O)NC(C)c2ccccc2)CN1C(C)=O. The van der Waals surface area contributed by atoms with Crippen molar-refractivity contribution in [3.63, 3.8) is 0 Å². The van der Waals surface area contributed by atoms with Crippen molar-refractivity contribution in [2.24, 2.45) is 5.92 Å². The molecule has 0 aliphatic carbocycles. The first-order valence-electron chi connectivity index (χ1n) is 8.25. The number of nitrogens with one attached hydrogen (secondary N) is 2. The number of rotatable bonds is 5. The maximum absolute atomic E-state index is 12.0. The number of carbonyl (C=O) groups is 3. The Bertz CT molecular complexity index is 581. The summed E-state index contributed by atoms with van der Waals surface area (Å²) in [4.78, 5) is 36.9. The van der Waals surface area contributed by atoms with E-state index < -0.39 is 0 Å². The van der Waals surface area contributed by atoms with Crippen molar-refractivity contribution < 1.29 is 14.4 Å². The molecule has 2 unspecified atom stereocenters. The third-order valence-electron chi connectivity index (χ3n) is 4.46. The predicted octanol–water partition coefficient (Wildman–Crippen LogP) is 1.87. The van der Waals surface area contributed by atoms with Crippen LogP contribution >= 0.6 is 0 Å². The van der Waals surface area contributed by atoms with Crippen LogP contribution < -0.4 is 10.6 Å². The molecular weight excluding hydrogens is 306 g/mol. The van der Waals surface area contributed by atoms with Crippen LogP contribution in [0.15, 0.2) is 30.3 Å². The molecule has 6 heteroatoms. The smallest absolute Gasteiger partial charge is 0.315 e. The van der Waals surface area contributed by atoms with Crippen LogP contribution in [0, 0.1) is 5.92 Å². The highest BCUT2D eigenvalue weighted by Crippen LogP contribution is 2.23. The van der Waals surface area contributed by atoms with E-state index in [9.17, 15) is 14.4 Å². The predicted molar refractivity (Wildman–Crippen MR) is 91.4 cm³/mol. The molecule has 0 spiro atoms. The molecular formula is C18H25N3O3. The summed E-state index contributed by atoms with van der Waals surface area (Å²) in [6, 6.07) is 9.03. The van der Waals surface area contributed by atoms with Crippen molar-refractivity contribution >= 4 is 17.7 Å². The Balaban J connectivity index is 1.82. The maximum Gasteiger partial charge on any atom is 0.315 e. The summed E-state index contributed by atoms with van der Waals surface area (Å²) in [5.74, 6) is -0.00437. The van der Waals surface area contributed by atoms with Crippen molar-refractivity contribution in [3.8, 4) is 0 Å². The summed E-state index contributed by atoms with van der Waals surface area (Å²) in [6.45, 7) is 5.85. The van der Waals surface area contributed by atoms with Gasteiger partial charge in [-0.2, -0.15) is 0 Å². The highest BCUT2D eigenvalue weighted by atomic mass is 16.2. The third-order valence-corrected chi connectivity index (χ3v) is 4.46. The van der Waals surface area contributed by atoms with E-state index in [1.165, 1.54) is 13.8 Å². The van der Waals surface area contributed by atoms with Gasteiger partial charge in [0.1, 0.15) is 0 Å². The molecule has 1 aromatic carbocycles. The first-order valence-corrected chi connectivity index (χ1v) is 8.25. The molecule has 6 nitrogen and oxygen atoms in total. The maximum atomic E-state index is 12.0. The van der Waals surface area contributed by atoms with Gasteiger partial charge in [0, 0.05) is 20.0 Å². The topological polar surface area (TPSA) is 78.5 Å². The number of Topliss-reactive ketones (excluding diaryl/α,β-unsaturated/α-hetero) is 1. The van der Waals surface area contributed by atoms with Crippen LogP contribution in [0.3, 0.4) is 0 Å². The fourth-order valence-electron chi connectivity index (χ4n) is 3.11. The molecule has 3 atom stereocenters. The van der Waals surface area contributed by atoms with Gasteiger partial charge in [0.2, 0.25) is 5.91 Å². The number of amides is 3. The lowest BCUT2D eigenvalue weighted by atomic mass is 10.0. The molecule has 1 heterocycles. The van der Waals surface area contributed by atoms with Gasteiger partial charge in [-0.1, -0.05) is 30.3 Å². The van der Waals surface area contributed by atoms with E-state index in [2.05, 4.69) is 10.6 Å². The molecule has 1 fully saturated rings. The van der Waals surface area contributed by atoms with Crippen LogP contribution in [0.1, 0.15) is 38.8 Å². The van der Waals surface area contributed by atoms with E-state index >= 15 is 0 Å². The minimum absolute atomic E-state index is 0.00477. The minimum atomic E-state index is -0.361. The lowest BCUT2D eigenvalue weighted by molar-refractivity contribution is -0.135. The third kappa shape index (κ3) is 4.57. The molecule has 0 radical (unpaired) electrons. The van der Waals surface area contributed by atoms with Crippen LogP contribution in [-0.4, -0.2) is 41.8 Å². The number of urea groups is 1. The van der Waals surface area contributed by atoms with Gasteiger partial charge in [-0.15, -0.1) is 0 Å². The lowest BCUT2D eigenvalue weighted by Gasteiger charge is -2.20. The van der Waals surface area contributed by atoms with Gasteiger partial charge < -0.3 is 15.5 Å². The Hall–Kier alpha value is -2.37. The molecule has 0 bridgehead atoms. The van der Waals surface area contributed by atoms with Crippen LogP contribution in [0.5, 0.6) is 0 Å². The zero-order valence-electron chi connectivity index (χ0n) is 14.4. The average Bonchev–Trinajstić information content (AvgIpc) is 2.98. The normalized spacial score (nSPS) is 21.2. The molecule has 1 aliphatic heterocycles. The van der Waals surface area contributed by atoms with Crippen LogP contribution in [0.2, 0.25) is 0 Å². The molecule has 2 rings (SSSR count). The van der Waals surface area contributed by atoms with Gasteiger partial charge in [0.05, 0.1) is 12.1 Å². The van der Waals surface area contributed by atoms with Gasteiger partial charge in [-0.05, 0) is 31.7 Å². The Morgan fingerprint density at radius 2 is 1.88 bits per heavy atom. The van der Waals surface area contributed by atoms with Gasteiger partial charge in [-0.25, -0.2) is 4.79 Å². The molecule has 0 aromatic heterocycles. The fourth-order valence-corrected chi connectivity index (χ4v) is 3.11. The molecule has 1 saturated heterocycles. The van der Waals surface area contributed by atoms with Gasteiger partial charge in [0.15, 0.2) is 5.78 Å². The van der Waals surface area contributed by atoms with E-state index in [1.54, 1.807) is 4.90 Å². The quantitative estimate of drug-likeness (QED) is 0.864. The van der Waals surface area contributed by atoms with Crippen LogP contribution in [0.4, 0.5) is 4.79 Å². The second-order valence-corrected chi connectivity index (χ2v) is 6.39. The highest BCUT2D eigenvalue weighted by Gasteiger charge is 2.36. The first kappa shape index (κ1) is 18.0.